The largest absolute Gasteiger partial charge is 0.345 e. The molecule has 7 heteroatoms. The molecule has 3 rings (SSSR count). The fourth-order valence-electron chi connectivity index (χ4n) is 2.89. The summed E-state index contributed by atoms with van der Waals surface area (Å²) in [6, 6.07) is 9.18. The Morgan fingerprint density at radius 1 is 1.11 bits per heavy atom. The van der Waals surface area contributed by atoms with Crippen molar-refractivity contribution in [3.05, 3.63) is 53.9 Å². The molecular weight excluding hydrogens is 342 g/mol. The molecule has 0 aliphatic rings. The Kier molecular flexibility index (Phi) is 5.21. The van der Waals surface area contributed by atoms with Gasteiger partial charge in [-0.2, -0.15) is 5.10 Å². The second-order valence-electron chi connectivity index (χ2n) is 6.82. The highest BCUT2D eigenvalue weighted by Crippen LogP contribution is 2.20. The van der Waals surface area contributed by atoms with Gasteiger partial charge < -0.3 is 10.6 Å². The van der Waals surface area contributed by atoms with Crippen LogP contribution in [0.15, 0.2) is 42.7 Å². The lowest BCUT2D eigenvalue weighted by Gasteiger charge is -2.15. The van der Waals surface area contributed by atoms with E-state index in [0.29, 0.717) is 11.3 Å². The van der Waals surface area contributed by atoms with Gasteiger partial charge in [0.25, 0.3) is 5.91 Å². The van der Waals surface area contributed by atoms with Gasteiger partial charge in [0.15, 0.2) is 5.65 Å². The van der Waals surface area contributed by atoms with Gasteiger partial charge in [-0.3, -0.25) is 9.59 Å². The smallest absolute Gasteiger partial charge is 0.253 e. The molecule has 27 heavy (non-hydrogen) atoms. The Morgan fingerprint density at radius 2 is 1.89 bits per heavy atom. The van der Waals surface area contributed by atoms with Gasteiger partial charge in [-0.25, -0.2) is 9.67 Å². The number of pyridine rings is 1. The summed E-state index contributed by atoms with van der Waals surface area (Å²) in [5, 5.41) is 10.9. The first-order valence-corrected chi connectivity index (χ1v) is 8.87. The molecule has 0 saturated carbocycles. The average molecular weight is 365 g/mol. The van der Waals surface area contributed by atoms with Crippen molar-refractivity contribution in [1.82, 2.24) is 20.1 Å². The number of benzene rings is 1. The van der Waals surface area contributed by atoms with Crippen molar-refractivity contribution >= 4 is 28.5 Å². The summed E-state index contributed by atoms with van der Waals surface area (Å²) >= 11 is 0. The quantitative estimate of drug-likeness (QED) is 0.725. The first-order chi connectivity index (χ1) is 12.8. The van der Waals surface area contributed by atoms with Crippen molar-refractivity contribution in [3.63, 3.8) is 0 Å². The van der Waals surface area contributed by atoms with Crippen molar-refractivity contribution in [3.8, 4) is 0 Å². The van der Waals surface area contributed by atoms with Crippen molar-refractivity contribution in [2.75, 3.05) is 5.32 Å². The Bertz CT molecular complexity index is 993. The normalized spacial score (nSPS) is 12.2. The lowest BCUT2D eigenvalue weighted by atomic mass is 10.1. The van der Waals surface area contributed by atoms with E-state index in [4.69, 9.17) is 0 Å². The number of hydrogen-bond acceptors (Lipinski definition) is 4. The zero-order valence-corrected chi connectivity index (χ0v) is 15.9. The summed E-state index contributed by atoms with van der Waals surface area (Å²) in [6.07, 6.45) is 3.29. The molecule has 0 bridgehead atoms. The van der Waals surface area contributed by atoms with E-state index >= 15 is 0 Å². The van der Waals surface area contributed by atoms with Crippen molar-refractivity contribution in [2.45, 2.75) is 39.8 Å². The molecule has 0 aliphatic heterocycles. The first-order valence-electron chi connectivity index (χ1n) is 8.87. The summed E-state index contributed by atoms with van der Waals surface area (Å²) in [4.78, 5) is 28.2. The highest BCUT2D eigenvalue weighted by molar-refractivity contribution is 5.97. The molecule has 140 valence electrons. The van der Waals surface area contributed by atoms with E-state index in [9.17, 15) is 9.59 Å². The lowest BCUT2D eigenvalue weighted by molar-refractivity contribution is -0.114. The first kappa shape index (κ1) is 18.6. The van der Waals surface area contributed by atoms with Crippen LogP contribution in [0.3, 0.4) is 0 Å². The Hall–Kier alpha value is -3.22. The van der Waals surface area contributed by atoms with Gasteiger partial charge in [-0.15, -0.1) is 0 Å². The zero-order valence-electron chi connectivity index (χ0n) is 15.9. The van der Waals surface area contributed by atoms with Crippen molar-refractivity contribution < 1.29 is 9.59 Å². The van der Waals surface area contributed by atoms with Gasteiger partial charge in [-0.05, 0) is 44.5 Å². The maximum Gasteiger partial charge on any atom is 0.253 e. The summed E-state index contributed by atoms with van der Waals surface area (Å²) in [5.41, 5.74) is 2.84. The molecule has 0 aliphatic carbocycles. The number of carbonyl (C=O) groups excluding carboxylic acids is 2. The Balaban J connectivity index is 1.76. The van der Waals surface area contributed by atoms with Crippen LogP contribution in [0.25, 0.3) is 11.0 Å². The second-order valence-corrected chi connectivity index (χ2v) is 6.82. The van der Waals surface area contributed by atoms with E-state index in [1.807, 2.05) is 49.7 Å². The molecule has 0 fully saturated rings. The van der Waals surface area contributed by atoms with E-state index in [2.05, 4.69) is 20.7 Å². The number of fused-ring (bicyclic) bond motifs is 1. The minimum absolute atomic E-state index is 0.134. The Morgan fingerprint density at radius 3 is 2.59 bits per heavy atom. The van der Waals surface area contributed by atoms with Gasteiger partial charge in [0.2, 0.25) is 5.91 Å². The predicted molar refractivity (Wildman–Crippen MR) is 105 cm³/mol. The van der Waals surface area contributed by atoms with Crippen molar-refractivity contribution in [2.24, 2.45) is 0 Å². The van der Waals surface area contributed by atoms with Crippen LogP contribution in [0.1, 0.15) is 55.7 Å². The van der Waals surface area contributed by atoms with E-state index in [0.717, 1.165) is 16.6 Å². The van der Waals surface area contributed by atoms with Gasteiger partial charge in [0.1, 0.15) is 0 Å². The zero-order chi connectivity index (χ0) is 19.6. The molecule has 2 amide bonds. The topological polar surface area (TPSA) is 88.9 Å². The number of aromatic nitrogens is 3. The summed E-state index contributed by atoms with van der Waals surface area (Å²) in [5.74, 6) is -0.343. The maximum absolute atomic E-state index is 12.6. The third-order valence-corrected chi connectivity index (χ3v) is 4.24. The van der Waals surface area contributed by atoms with E-state index in [-0.39, 0.29) is 23.9 Å². The van der Waals surface area contributed by atoms with Crippen LogP contribution < -0.4 is 10.6 Å². The lowest BCUT2D eigenvalue weighted by Crippen LogP contribution is -2.26. The molecule has 7 nitrogen and oxygen atoms in total. The second kappa shape index (κ2) is 7.57. The van der Waals surface area contributed by atoms with Crippen LogP contribution in [-0.4, -0.2) is 26.6 Å². The molecule has 2 aromatic heterocycles. The van der Waals surface area contributed by atoms with E-state index in [1.54, 1.807) is 18.5 Å². The summed E-state index contributed by atoms with van der Waals surface area (Å²) in [6.45, 7) is 7.42. The number of nitrogens with zero attached hydrogens (tertiary/aromatic N) is 3. The monoisotopic (exact) mass is 365 g/mol. The SMILES string of the molecule is CC(=O)Nc1cccc(C(C)NC(=O)c2cnc3c(cnn3C(C)C)c2)c1. The van der Waals surface area contributed by atoms with Crippen LogP contribution in [0.5, 0.6) is 0 Å². The number of nitrogens with one attached hydrogen (secondary N) is 2. The molecule has 1 aromatic carbocycles. The average Bonchev–Trinajstić information content (AvgIpc) is 3.04. The molecule has 2 N–H and O–H groups in total. The number of carbonyl (C=O) groups is 2. The fourth-order valence-corrected chi connectivity index (χ4v) is 2.89. The molecule has 0 spiro atoms. The molecule has 1 unspecified atom stereocenters. The van der Waals surface area contributed by atoms with Gasteiger partial charge in [-0.1, -0.05) is 12.1 Å². The van der Waals surface area contributed by atoms with E-state index < -0.39 is 0 Å². The Labute approximate surface area is 157 Å². The number of amides is 2. The third kappa shape index (κ3) is 4.13. The molecular formula is C20H23N5O2. The molecule has 0 saturated heterocycles. The fraction of sp³-hybridized carbons (Fsp3) is 0.300. The van der Waals surface area contributed by atoms with Crippen LogP contribution in [0, 0.1) is 0 Å². The van der Waals surface area contributed by atoms with Crippen molar-refractivity contribution in [1.29, 1.82) is 0 Å². The minimum atomic E-state index is -0.222. The standard InChI is InChI=1S/C20H23N5O2/c1-12(2)25-19-16(11-22-25)8-17(10-21-19)20(27)23-13(3)15-6-5-7-18(9-15)24-14(4)26/h5-13H,1-4H3,(H,23,27)(H,24,26). The number of rotatable bonds is 5. The third-order valence-electron chi connectivity index (χ3n) is 4.24. The van der Waals surface area contributed by atoms with Gasteiger partial charge in [0.05, 0.1) is 17.8 Å². The van der Waals surface area contributed by atoms with Crippen LogP contribution in [0.2, 0.25) is 0 Å². The van der Waals surface area contributed by atoms with Gasteiger partial charge in [0, 0.05) is 30.2 Å². The highest BCUT2D eigenvalue weighted by atomic mass is 16.2. The molecule has 3 aromatic rings. The minimum Gasteiger partial charge on any atom is -0.345 e. The predicted octanol–water partition coefficient (Wildman–Crippen LogP) is 3.46. The summed E-state index contributed by atoms with van der Waals surface area (Å²) in [7, 11) is 0. The van der Waals surface area contributed by atoms with Crippen LogP contribution in [-0.2, 0) is 4.79 Å². The molecule has 1 atom stereocenters. The number of hydrogen-bond donors (Lipinski definition) is 2. The van der Waals surface area contributed by atoms with Crippen LogP contribution >= 0.6 is 0 Å². The maximum atomic E-state index is 12.6. The molecule has 0 radical (unpaired) electrons. The van der Waals surface area contributed by atoms with E-state index in [1.165, 1.54) is 6.92 Å². The molecule has 2 heterocycles. The van der Waals surface area contributed by atoms with Gasteiger partial charge >= 0.3 is 0 Å². The number of anilines is 1. The van der Waals surface area contributed by atoms with Crippen LogP contribution in [0.4, 0.5) is 5.69 Å². The highest BCUT2D eigenvalue weighted by Gasteiger charge is 2.15. The summed E-state index contributed by atoms with van der Waals surface area (Å²) < 4.78 is 1.83.